The van der Waals surface area contributed by atoms with E-state index in [1.165, 1.54) is 11.8 Å². The van der Waals surface area contributed by atoms with Crippen molar-refractivity contribution in [3.05, 3.63) is 48.0 Å². The lowest BCUT2D eigenvalue weighted by Gasteiger charge is -2.19. The fraction of sp³-hybridized carbons (Fsp3) is 0.273. The second kappa shape index (κ2) is 8.61. The van der Waals surface area contributed by atoms with Crippen molar-refractivity contribution in [1.29, 1.82) is 0 Å². The van der Waals surface area contributed by atoms with Gasteiger partial charge in [-0.05, 0) is 36.2 Å². The zero-order valence-corrected chi connectivity index (χ0v) is 17.2. The molecule has 29 heavy (non-hydrogen) atoms. The van der Waals surface area contributed by atoms with Crippen LogP contribution in [0.2, 0.25) is 0 Å². The molecule has 0 unspecified atom stereocenters. The highest BCUT2D eigenvalue weighted by Gasteiger charge is 2.16. The summed E-state index contributed by atoms with van der Waals surface area (Å²) in [4.78, 5) is 17.2. The van der Waals surface area contributed by atoms with Crippen LogP contribution in [0.15, 0.2) is 47.5 Å². The molecule has 1 aromatic heterocycles. The van der Waals surface area contributed by atoms with Crippen LogP contribution in [0.5, 0.6) is 17.2 Å². The van der Waals surface area contributed by atoms with Crippen LogP contribution in [0.25, 0.3) is 10.9 Å². The quantitative estimate of drug-likeness (QED) is 0.611. The molecule has 1 aliphatic rings. The Hall–Kier alpha value is -2.93. The number of hydrogen-bond donors (Lipinski definition) is 1. The minimum Gasteiger partial charge on any atom is -0.497 e. The Balaban J connectivity index is 1.51. The van der Waals surface area contributed by atoms with Crippen molar-refractivity contribution >= 4 is 34.3 Å². The molecule has 0 saturated carbocycles. The predicted molar refractivity (Wildman–Crippen MR) is 114 cm³/mol. The summed E-state index contributed by atoms with van der Waals surface area (Å²) in [7, 11) is 1.60. The molecule has 1 amide bonds. The molecule has 0 fully saturated rings. The third-order valence-electron chi connectivity index (χ3n) is 4.59. The number of nitrogens with one attached hydrogen (secondary N) is 1. The molecule has 0 radical (unpaired) electrons. The Bertz CT molecular complexity index is 1050. The molecule has 0 saturated heterocycles. The maximum atomic E-state index is 12.4. The van der Waals surface area contributed by atoms with Gasteiger partial charge in [0.2, 0.25) is 5.91 Å². The monoisotopic (exact) mass is 410 g/mol. The van der Waals surface area contributed by atoms with E-state index in [-0.39, 0.29) is 11.7 Å². The first-order chi connectivity index (χ1) is 14.2. The van der Waals surface area contributed by atoms with Gasteiger partial charge in [0.05, 0.1) is 18.4 Å². The van der Waals surface area contributed by atoms with E-state index < -0.39 is 0 Å². The number of benzene rings is 2. The number of ether oxygens (including phenoxy) is 3. The van der Waals surface area contributed by atoms with Crippen molar-refractivity contribution in [2.75, 3.05) is 31.4 Å². The number of hydrogen-bond acceptors (Lipinski definition) is 6. The Morgan fingerprint density at radius 3 is 2.72 bits per heavy atom. The lowest BCUT2D eigenvalue weighted by atomic mass is 10.1. The number of anilines is 1. The standard InChI is InChI=1S/C22H22N2O4S/c1-3-14-9-15-10-19-20(28-8-7-27-19)12-18(15)24-22(14)29-13-21(25)23-16-5-4-6-17(11-16)26-2/h4-6,9-12H,3,7-8,13H2,1-2H3,(H,23,25). The zero-order valence-electron chi connectivity index (χ0n) is 16.4. The normalized spacial score (nSPS) is 12.6. The number of carbonyl (C=O) groups is 1. The minimum atomic E-state index is -0.0885. The first-order valence-electron chi connectivity index (χ1n) is 9.46. The van der Waals surface area contributed by atoms with Crippen LogP contribution in [0, 0.1) is 0 Å². The van der Waals surface area contributed by atoms with E-state index in [0.29, 0.717) is 30.4 Å². The number of fused-ring (bicyclic) bond motifs is 2. The third-order valence-corrected chi connectivity index (χ3v) is 5.63. The van der Waals surface area contributed by atoms with Gasteiger partial charge in [-0.15, -0.1) is 0 Å². The van der Waals surface area contributed by atoms with Crippen molar-refractivity contribution in [3.63, 3.8) is 0 Å². The van der Waals surface area contributed by atoms with Gasteiger partial charge >= 0.3 is 0 Å². The molecule has 7 heteroatoms. The summed E-state index contributed by atoms with van der Waals surface area (Å²) >= 11 is 1.43. The number of pyridine rings is 1. The molecule has 4 rings (SSSR count). The lowest BCUT2D eigenvalue weighted by molar-refractivity contribution is -0.113. The highest BCUT2D eigenvalue weighted by Crippen LogP contribution is 2.36. The summed E-state index contributed by atoms with van der Waals surface area (Å²) in [6.45, 7) is 3.18. The van der Waals surface area contributed by atoms with Gasteiger partial charge in [0, 0.05) is 23.2 Å². The molecule has 1 N–H and O–H groups in total. The maximum absolute atomic E-state index is 12.4. The smallest absolute Gasteiger partial charge is 0.234 e. The van der Waals surface area contributed by atoms with Crippen LogP contribution in [0.4, 0.5) is 5.69 Å². The van der Waals surface area contributed by atoms with Gasteiger partial charge in [0.25, 0.3) is 0 Å². The van der Waals surface area contributed by atoms with Crippen molar-refractivity contribution in [2.24, 2.45) is 0 Å². The van der Waals surface area contributed by atoms with E-state index in [1.54, 1.807) is 13.2 Å². The number of aryl methyl sites for hydroxylation is 1. The van der Waals surface area contributed by atoms with Crippen LogP contribution in [-0.2, 0) is 11.2 Å². The molecule has 1 aliphatic heterocycles. The van der Waals surface area contributed by atoms with Crippen LogP contribution >= 0.6 is 11.8 Å². The number of aromatic nitrogens is 1. The van der Waals surface area contributed by atoms with Crippen molar-refractivity contribution in [2.45, 2.75) is 18.4 Å². The average Bonchev–Trinajstić information content (AvgIpc) is 2.75. The summed E-state index contributed by atoms with van der Waals surface area (Å²) < 4.78 is 16.5. The fourth-order valence-corrected chi connectivity index (χ4v) is 4.04. The topological polar surface area (TPSA) is 69.7 Å². The number of amides is 1. The maximum Gasteiger partial charge on any atom is 0.234 e. The Morgan fingerprint density at radius 2 is 1.97 bits per heavy atom. The second-order valence-electron chi connectivity index (χ2n) is 6.56. The third kappa shape index (κ3) is 4.40. The van der Waals surface area contributed by atoms with Crippen LogP contribution in [0.1, 0.15) is 12.5 Å². The Kier molecular flexibility index (Phi) is 5.76. The number of methoxy groups -OCH3 is 1. The van der Waals surface area contributed by atoms with Gasteiger partial charge < -0.3 is 19.5 Å². The van der Waals surface area contributed by atoms with Gasteiger partial charge in [0.15, 0.2) is 11.5 Å². The Labute approximate surface area is 173 Å². The summed E-state index contributed by atoms with van der Waals surface area (Å²) in [5.41, 5.74) is 2.65. The van der Waals surface area contributed by atoms with Crippen LogP contribution in [0.3, 0.4) is 0 Å². The molecule has 150 valence electrons. The van der Waals surface area contributed by atoms with E-state index in [4.69, 9.17) is 19.2 Å². The second-order valence-corrected chi connectivity index (χ2v) is 7.53. The van der Waals surface area contributed by atoms with Crippen molar-refractivity contribution < 1.29 is 19.0 Å². The summed E-state index contributed by atoms with van der Waals surface area (Å²) in [5, 5.41) is 4.77. The molecule has 2 heterocycles. The molecular weight excluding hydrogens is 388 g/mol. The van der Waals surface area contributed by atoms with E-state index in [2.05, 4.69) is 18.3 Å². The van der Waals surface area contributed by atoms with E-state index >= 15 is 0 Å². The average molecular weight is 410 g/mol. The molecular formula is C22H22N2O4S. The molecule has 2 aromatic carbocycles. The fourth-order valence-electron chi connectivity index (χ4n) is 3.15. The van der Waals surface area contributed by atoms with Gasteiger partial charge in [-0.1, -0.05) is 24.8 Å². The molecule has 6 nitrogen and oxygen atoms in total. The van der Waals surface area contributed by atoms with Gasteiger partial charge in [0.1, 0.15) is 24.0 Å². The van der Waals surface area contributed by atoms with Crippen LogP contribution < -0.4 is 19.5 Å². The van der Waals surface area contributed by atoms with E-state index in [9.17, 15) is 4.79 Å². The van der Waals surface area contributed by atoms with Gasteiger partial charge in [-0.25, -0.2) is 4.98 Å². The van der Waals surface area contributed by atoms with E-state index in [1.807, 2.05) is 30.3 Å². The van der Waals surface area contributed by atoms with Crippen LogP contribution in [-0.4, -0.2) is 37.0 Å². The predicted octanol–water partition coefficient (Wildman–Crippen LogP) is 4.31. The number of rotatable bonds is 6. The van der Waals surface area contributed by atoms with Crippen molar-refractivity contribution in [1.82, 2.24) is 4.98 Å². The molecule has 0 spiro atoms. The lowest BCUT2D eigenvalue weighted by Crippen LogP contribution is -2.15. The highest BCUT2D eigenvalue weighted by molar-refractivity contribution is 8.00. The molecule has 0 atom stereocenters. The highest BCUT2D eigenvalue weighted by atomic mass is 32.2. The molecule has 3 aromatic rings. The zero-order chi connectivity index (χ0) is 20.2. The molecule has 0 aliphatic carbocycles. The van der Waals surface area contributed by atoms with Gasteiger partial charge in [-0.2, -0.15) is 0 Å². The summed E-state index contributed by atoms with van der Waals surface area (Å²) in [6.07, 6.45) is 0.831. The Morgan fingerprint density at radius 1 is 1.17 bits per heavy atom. The number of nitrogens with zero attached hydrogens (tertiary/aromatic N) is 1. The SMILES string of the molecule is CCc1cc2cc3c(cc2nc1SCC(=O)Nc1cccc(OC)c1)OCCO3. The first-order valence-corrected chi connectivity index (χ1v) is 10.4. The van der Waals surface area contributed by atoms with Gasteiger partial charge in [-0.3, -0.25) is 4.79 Å². The summed E-state index contributed by atoms with van der Waals surface area (Å²) in [5.74, 6) is 2.36. The first kappa shape index (κ1) is 19.4. The van der Waals surface area contributed by atoms with E-state index in [0.717, 1.165) is 33.7 Å². The summed E-state index contributed by atoms with van der Waals surface area (Å²) in [6, 6.07) is 13.3. The molecule has 0 bridgehead atoms. The number of thioether (sulfide) groups is 1. The largest absolute Gasteiger partial charge is 0.497 e. The minimum absolute atomic E-state index is 0.0885. The van der Waals surface area contributed by atoms with Crippen molar-refractivity contribution in [3.8, 4) is 17.2 Å². The number of carbonyl (C=O) groups excluding carboxylic acids is 1.